The molecule has 0 aliphatic heterocycles. The predicted octanol–water partition coefficient (Wildman–Crippen LogP) is 3.87. The van der Waals surface area contributed by atoms with Crippen molar-refractivity contribution in [2.24, 2.45) is 5.41 Å². The van der Waals surface area contributed by atoms with E-state index in [2.05, 4.69) is 47.1 Å². The minimum atomic E-state index is -0.415. The third-order valence-electron chi connectivity index (χ3n) is 5.30. The van der Waals surface area contributed by atoms with Gasteiger partial charge in [-0.25, -0.2) is 4.98 Å². The monoisotopic (exact) mass is 435 g/mol. The lowest BCUT2D eigenvalue weighted by Crippen LogP contribution is -2.44. The standard InChI is InChI=1S/C24H29N5O3/c1-14-5-9-16(10-6-14)25-13-20(30)27-28-22(31)17-11-18(15-7-8-15)26-23-21(17)19(29-32-23)12-24(2,3)4/h5-6,9-11,15,25H,7-8,12-13H2,1-4H3,(H,27,30)(H,28,31). The molecule has 2 aromatic heterocycles. The molecule has 1 saturated carbocycles. The second-order valence-corrected chi connectivity index (χ2v) is 9.64. The summed E-state index contributed by atoms with van der Waals surface area (Å²) in [6.07, 6.45) is 2.73. The van der Waals surface area contributed by atoms with Crippen molar-refractivity contribution in [3.05, 3.63) is 52.8 Å². The van der Waals surface area contributed by atoms with Crippen molar-refractivity contribution in [3.8, 4) is 0 Å². The van der Waals surface area contributed by atoms with Gasteiger partial charge in [0, 0.05) is 17.3 Å². The summed E-state index contributed by atoms with van der Waals surface area (Å²) < 4.78 is 5.49. The second-order valence-electron chi connectivity index (χ2n) is 9.64. The fourth-order valence-corrected chi connectivity index (χ4v) is 3.51. The van der Waals surface area contributed by atoms with Crippen LogP contribution in [-0.2, 0) is 11.2 Å². The Kier molecular flexibility index (Phi) is 5.86. The summed E-state index contributed by atoms with van der Waals surface area (Å²) in [5.74, 6) is -0.427. The first-order valence-electron chi connectivity index (χ1n) is 10.9. The van der Waals surface area contributed by atoms with Crippen molar-refractivity contribution in [2.45, 2.75) is 52.9 Å². The highest BCUT2D eigenvalue weighted by molar-refractivity contribution is 6.06. The Balaban J connectivity index is 1.48. The Labute approximate surface area is 187 Å². The van der Waals surface area contributed by atoms with Crippen LogP contribution in [0.1, 0.15) is 66.8 Å². The molecule has 1 aliphatic carbocycles. The molecule has 1 aromatic carbocycles. The molecule has 1 aliphatic rings. The maximum Gasteiger partial charge on any atom is 0.270 e. The van der Waals surface area contributed by atoms with Gasteiger partial charge in [-0.15, -0.1) is 0 Å². The Morgan fingerprint density at radius 1 is 1.12 bits per heavy atom. The van der Waals surface area contributed by atoms with Crippen LogP contribution in [0.25, 0.3) is 11.1 Å². The Morgan fingerprint density at radius 3 is 2.50 bits per heavy atom. The maximum absolute atomic E-state index is 13.0. The first kappa shape index (κ1) is 21.8. The van der Waals surface area contributed by atoms with Gasteiger partial charge in [0.25, 0.3) is 17.5 Å². The molecule has 8 heteroatoms. The van der Waals surface area contributed by atoms with Gasteiger partial charge < -0.3 is 9.84 Å². The summed E-state index contributed by atoms with van der Waals surface area (Å²) in [5.41, 5.74) is 9.25. The number of pyridine rings is 1. The van der Waals surface area contributed by atoms with Crippen molar-refractivity contribution in [1.29, 1.82) is 0 Å². The quantitative estimate of drug-likeness (QED) is 0.507. The smallest absolute Gasteiger partial charge is 0.270 e. The van der Waals surface area contributed by atoms with Gasteiger partial charge in [0.2, 0.25) is 0 Å². The molecule has 8 nitrogen and oxygen atoms in total. The van der Waals surface area contributed by atoms with Crippen molar-refractivity contribution in [3.63, 3.8) is 0 Å². The maximum atomic E-state index is 13.0. The van der Waals surface area contributed by atoms with Crippen molar-refractivity contribution < 1.29 is 14.1 Å². The normalized spacial score (nSPS) is 13.8. The zero-order chi connectivity index (χ0) is 22.9. The molecule has 168 valence electrons. The number of rotatable bonds is 6. The van der Waals surface area contributed by atoms with Gasteiger partial charge in [0.15, 0.2) is 0 Å². The molecule has 0 spiro atoms. The van der Waals surface area contributed by atoms with Crippen LogP contribution >= 0.6 is 0 Å². The number of nitrogens with one attached hydrogen (secondary N) is 3. The highest BCUT2D eigenvalue weighted by atomic mass is 16.5. The summed E-state index contributed by atoms with van der Waals surface area (Å²) in [6.45, 7) is 8.33. The van der Waals surface area contributed by atoms with E-state index in [4.69, 9.17) is 4.52 Å². The average molecular weight is 436 g/mol. The lowest BCUT2D eigenvalue weighted by Gasteiger charge is -2.16. The first-order valence-corrected chi connectivity index (χ1v) is 10.9. The second kappa shape index (κ2) is 8.61. The number of aromatic nitrogens is 2. The average Bonchev–Trinajstić information content (AvgIpc) is 3.52. The van der Waals surface area contributed by atoms with Gasteiger partial charge in [-0.2, -0.15) is 0 Å². The number of benzene rings is 1. The molecule has 0 bridgehead atoms. The molecule has 3 N–H and O–H groups in total. The summed E-state index contributed by atoms with van der Waals surface area (Å²) >= 11 is 0. The molecule has 0 unspecified atom stereocenters. The van der Waals surface area contributed by atoms with Crippen LogP contribution < -0.4 is 16.2 Å². The van der Waals surface area contributed by atoms with E-state index < -0.39 is 5.91 Å². The zero-order valence-corrected chi connectivity index (χ0v) is 18.9. The Hall–Kier alpha value is -3.42. The SMILES string of the molecule is Cc1ccc(NCC(=O)NNC(=O)c2cc(C3CC3)nc3onc(CC(C)(C)C)c23)cc1. The van der Waals surface area contributed by atoms with Crippen LogP contribution in [0.5, 0.6) is 0 Å². The van der Waals surface area contributed by atoms with Crippen LogP contribution in [0.2, 0.25) is 0 Å². The molecule has 2 amide bonds. The van der Waals surface area contributed by atoms with E-state index in [1.54, 1.807) is 6.07 Å². The fraction of sp³-hybridized carbons (Fsp3) is 0.417. The van der Waals surface area contributed by atoms with Gasteiger partial charge in [0.05, 0.1) is 23.2 Å². The van der Waals surface area contributed by atoms with Gasteiger partial charge in [-0.05, 0) is 49.8 Å². The van der Waals surface area contributed by atoms with E-state index in [1.807, 2.05) is 31.2 Å². The largest absolute Gasteiger partial charge is 0.376 e. The molecule has 1 fully saturated rings. The van der Waals surface area contributed by atoms with Crippen molar-refractivity contribution in [2.75, 3.05) is 11.9 Å². The lowest BCUT2D eigenvalue weighted by molar-refractivity contribution is -0.120. The minimum Gasteiger partial charge on any atom is -0.376 e. The summed E-state index contributed by atoms with van der Waals surface area (Å²) in [7, 11) is 0. The van der Waals surface area contributed by atoms with E-state index >= 15 is 0 Å². The van der Waals surface area contributed by atoms with Crippen LogP contribution in [0, 0.1) is 12.3 Å². The number of hydrazine groups is 1. The van der Waals surface area contributed by atoms with Crippen molar-refractivity contribution in [1.82, 2.24) is 21.0 Å². The van der Waals surface area contributed by atoms with Crippen LogP contribution in [0.4, 0.5) is 5.69 Å². The van der Waals surface area contributed by atoms with E-state index in [9.17, 15) is 9.59 Å². The van der Waals surface area contributed by atoms with Gasteiger partial charge >= 0.3 is 0 Å². The number of nitrogens with zero attached hydrogens (tertiary/aromatic N) is 2. The lowest BCUT2D eigenvalue weighted by atomic mass is 9.89. The number of amides is 2. The molecular formula is C24H29N5O3. The topological polar surface area (TPSA) is 109 Å². The third kappa shape index (κ3) is 5.25. The van der Waals surface area contributed by atoms with E-state index in [0.29, 0.717) is 34.7 Å². The molecule has 32 heavy (non-hydrogen) atoms. The van der Waals surface area contributed by atoms with Gasteiger partial charge in [-0.1, -0.05) is 43.6 Å². The number of hydrogen-bond donors (Lipinski definition) is 3. The molecule has 0 radical (unpaired) electrons. The predicted molar refractivity (Wildman–Crippen MR) is 122 cm³/mol. The number of aryl methyl sites for hydroxylation is 1. The highest BCUT2D eigenvalue weighted by Crippen LogP contribution is 2.40. The third-order valence-corrected chi connectivity index (χ3v) is 5.30. The summed E-state index contributed by atoms with van der Waals surface area (Å²) in [4.78, 5) is 29.9. The summed E-state index contributed by atoms with van der Waals surface area (Å²) in [6, 6.07) is 9.52. The van der Waals surface area contributed by atoms with Crippen LogP contribution in [-0.4, -0.2) is 28.5 Å². The van der Waals surface area contributed by atoms with Gasteiger partial charge in [-0.3, -0.25) is 20.4 Å². The zero-order valence-electron chi connectivity index (χ0n) is 18.9. The van der Waals surface area contributed by atoms with E-state index in [-0.39, 0.29) is 17.9 Å². The van der Waals surface area contributed by atoms with Gasteiger partial charge in [0.1, 0.15) is 0 Å². The van der Waals surface area contributed by atoms with Crippen LogP contribution in [0.3, 0.4) is 0 Å². The van der Waals surface area contributed by atoms with Crippen LogP contribution in [0.15, 0.2) is 34.9 Å². The number of carbonyl (C=O) groups excluding carboxylic acids is 2. The summed E-state index contributed by atoms with van der Waals surface area (Å²) in [5, 5.41) is 7.83. The highest BCUT2D eigenvalue weighted by Gasteiger charge is 2.30. The molecule has 4 rings (SSSR count). The van der Waals surface area contributed by atoms with Crippen molar-refractivity contribution >= 4 is 28.6 Å². The Bertz CT molecular complexity index is 1140. The fourth-order valence-electron chi connectivity index (χ4n) is 3.51. The number of hydrogen-bond acceptors (Lipinski definition) is 6. The van der Waals surface area contributed by atoms with E-state index in [0.717, 1.165) is 29.8 Å². The number of fused-ring (bicyclic) bond motifs is 1. The Morgan fingerprint density at radius 2 is 1.84 bits per heavy atom. The molecule has 0 atom stereocenters. The molecular weight excluding hydrogens is 406 g/mol. The van der Waals surface area contributed by atoms with E-state index in [1.165, 1.54) is 0 Å². The molecule has 2 heterocycles. The molecule has 3 aromatic rings. The minimum absolute atomic E-state index is 0.0327. The number of anilines is 1. The molecule has 0 saturated heterocycles. The number of carbonyl (C=O) groups is 2. The first-order chi connectivity index (χ1) is 15.2.